The molecule has 0 unspecified atom stereocenters. The number of ether oxygens (including phenoxy) is 1. The van der Waals surface area contributed by atoms with Gasteiger partial charge in [-0.3, -0.25) is 10.1 Å². The van der Waals surface area contributed by atoms with Gasteiger partial charge < -0.3 is 10.1 Å². The van der Waals surface area contributed by atoms with E-state index >= 15 is 0 Å². The summed E-state index contributed by atoms with van der Waals surface area (Å²) in [5.74, 6) is 0.243. The Kier molecular flexibility index (Phi) is 4.57. The zero-order valence-electron chi connectivity index (χ0n) is 10.8. The third-order valence-corrected chi connectivity index (χ3v) is 3.60. The summed E-state index contributed by atoms with van der Waals surface area (Å²) < 4.78 is 5.99. The fraction of sp³-hybridized carbons (Fsp3) is 0.143. The molecule has 20 heavy (non-hydrogen) atoms. The number of hydrogen-bond acceptors (Lipinski definition) is 4. The van der Waals surface area contributed by atoms with Crippen molar-refractivity contribution in [2.45, 2.75) is 6.54 Å². The van der Waals surface area contributed by atoms with Gasteiger partial charge in [-0.05, 0) is 23.8 Å². The molecule has 0 saturated carbocycles. The smallest absolute Gasteiger partial charge is 0.333 e. The highest BCUT2D eigenvalue weighted by atomic mass is 79.9. The Morgan fingerprint density at radius 1 is 1.25 bits per heavy atom. The molecular formula is C14H13BrN2O3. The summed E-state index contributed by atoms with van der Waals surface area (Å²) in [6.45, 7) is 0.482. The van der Waals surface area contributed by atoms with E-state index in [1.807, 2.05) is 24.3 Å². The van der Waals surface area contributed by atoms with E-state index < -0.39 is 4.92 Å². The molecule has 2 aromatic carbocycles. The molecule has 0 atom stereocenters. The van der Waals surface area contributed by atoms with Gasteiger partial charge in [0.15, 0.2) is 5.75 Å². The van der Waals surface area contributed by atoms with Gasteiger partial charge in [0, 0.05) is 11.0 Å². The Morgan fingerprint density at radius 2 is 2.00 bits per heavy atom. The second kappa shape index (κ2) is 6.38. The maximum Gasteiger partial charge on any atom is 0.333 e. The van der Waals surface area contributed by atoms with E-state index in [2.05, 4.69) is 21.2 Å². The second-order valence-corrected chi connectivity index (χ2v) is 4.91. The molecular weight excluding hydrogens is 324 g/mol. The fourth-order valence-electron chi connectivity index (χ4n) is 1.85. The molecule has 0 heterocycles. The van der Waals surface area contributed by atoms with Gasteiger partial charge in [-0.25, -0.2) is 0 Å². The number of anilines is 1. The topological polar surface area (TPSA) is 64.4 Å². The van der Waals surface area contributed by atoms with Gasteiger partial charge in [0.25, 0.3) is 0 Å². The number of halogens is 1. The van der Waals surface area contributed by atoms with Gasteiger partial charge >= 0.3 is 5.69 Å². The molecule has 0 aliphatic heterocycles. The van der Waals surface area contributed by atoms with Gasteiger partial charge in [-0.15, -0.1) is 0 Å². The Bertz CT molecular complexity index is 632. The Morgan fingerprint density at radius 3 is 2.65 bits per heavy atom. The molecule has 0 aliphatic rings. The van der Waals surface area contributed by atoms with Gasteiger partial charge in [0.05, 0.1) is 12.0 Å². The number of para-hydroxylation sites is 1. The number of nitrogens with zero attached hydrogens (tertiary/aromatic N) is 1. The lowest BCUT2D eigenvalue weighted by Gasteiger charge is -2.10. The summed E-state index contributed by atoms with van der Waals surface area (Å²) in [5.41, 5.74) is 1.40. The first-order valence-electron chi connectivity index (χ1n) is 5.92. The lowest BCUT2D eigenvalue weighted by molar-refractivity contribution is -0.384. The van der Waals surface area contributed by atoms with Crippen LogP contribution in [-0.2, 0) is 6.54 Å². The van der Waals surface area contributed by atoms with Crippen LogP contribution in [0.2, 0.25) is 0 Å². The predicted octanol–water partition coefficient (Wildman–Crippen LogP) is 3.98. The predicted molar refractivity (Wildman–Crippen MR) is 81.1 cm³/mol. The summed E-state index contributed by atoms with van der Waals surface area (Å²) in [5, 5.41) is 14.2. The molecule has 0 aromatic heterocycles. The SMILES string of the molecule is COc1cccc(NCc2ccccc2Br)c1[N+](=O)[O-]. The van der Waals surface area contributed by atoms with Gasteiger partial charge in [0.2, 0.25) is 0 Å². The fourth-order valence-corrected chi connectivity index (χ4v) is 2.28. The highest BCUT2D eigenvalue weighted by molar-refractivity contribution is 9.10. The molecule has 5 nitrogen and oxygen atoms in total. The molecule has 1 N–H and O–H groups in total. The molecule has 0 fully saturated rings. The first-order valence-corrected chi connectivity index (χ1v) is 6.71. The summed E-state index contributed by atoms with van der Waals surface area (Å²) in [7, 11) is 1.42. The summed E-state index contributed by atoms with van der Waals surface area (Å²) >= 11 is 3.45. The van der Waals surface area contributed by atoms with Crippen LogP contribution in [0.3, 0.4) is 0 Å². The van der Waals surface area contributed by atoms with Crippen molar-refractivity contribution in [3.63, 3.8) is 0 Å². The molecule has 0 saturated heterocycles. The maximum atomic E-state index is 11.2. The molecule has 6 heteroatoms. The molecule has 0 radical (unpaired) electrons. The van der Waals surface area contributed by atoms with E-state index in [4.69, 9.17) is 4.74 Å². The minimum absolute atomic E-state index is 0.0537. The standard InChI is InChI=1S/C14H13BrN2O3/c1-20-13-8-4-7-12(14(13)17(18)19)16-9-10-5-2-3-6-11(10)15/h2-8,16H,9H2,1H3. The number of nitro groups is 1. The zero-order valence-corrected chi connectivity index (χ0v) is 12.4. The lowest BCUT2D eigenvalue weighted by atomic mass is 10.2. The second-order valence-electron chi connectivity index (χ2n) is 4.06. The zero-order chi connectivity index (χ0) is 14.5. The highest BCUT2D eigenvalue weighted by Crippen LogP contribution is 2.34. The molecule has 104 valence electrons. The van der Waals surface area contributed by atoms with Crippen LogP contribution in [0.25, 0.3) is 0 Å². The van der Waals surface area contributed by atoms with Crippen molar-refractivity contribution in [2.24, 2.45) is 0 Å². The van der Waals surface area contributed by atoms with Crippen molar-refractivity contribution < 1.29 is 9.66 Å². The Balaban J connectivity index is 2.26. The van der Waals surface area contributed by atoms with Crippen LogP contribution in [0, 0.1) is 10.1 Å². The first-order chi connectivity index (χ1) is 9.63. The van der Waals surface area contributed by atoms with Crippen LogP contribution >= 0.6 is 15.9 Å². The van der Waals surface area contributed by atoms with Crippen molar-refractivity contribution >= 4 is 27.3 Å². The number of hydrogen-bond donors (Lipinski definition) is 1. The van der Waals surface area contributed by atoms with Crippen molar-refractivity contribution in [3.05, 3.63) is 62.6 Å². The lowest BCUT2D eigenvalue weighted by Crippen LogP contribution is -2.04. The molecule has 0 amide bonds. The van der Waals surface area contributed by atoms with Crippen LogP contribution < -0.4 is 10.1 Å². The number of benzene rings is 2. The van der Waals surface area contributed by atoms with E-state index in [-0.39, 0.29) is 11.4 Å². The molecule has 2 aromatic rings. The van der Waals surface area contributed by atoms with Gasteiger partial charge in [0.1, 0.15) is 5.69 Å². The van der Waals surface area contributed by atoms with Crippen molar-refractivity contribution in [3.8, 4) is 5.75 Å². The highest BCUT2D eigenvalue weighted by Gasteiger charge is 2.20. The minimum atomic E-state index is -0.443. The number of nitro benzene ring substituents is 1. The quantitative estimate of drug-likeness (QED) is 0.662. The number of methoxy groups -OCH3 is 1. The van der Waals surface area contributed by atoms with E-state index in [0.29, 0.717) is 12.2 Å². The van der Waals surface area contributed by atoms with Crippen LogP contribution in [0.4, 0.5) is 11.4 Å². The van der Waals surface area contributed by atoms with Crippen molar-refractivity contribution in [2.75, 3.05) is 12.4 Å². The summed E-state index contributed by atoms with van der Waals surface area (Å²) in [6.07, 6.45) is 0. The largest absolute Gasteiger partial charge is 0.490 e. The van der Waals surface area contributed by atoms with E-state index in [1.165, 1.54) is 7.11 Å². The Labute approximate surface area is 124 Å². The number of rotatable bonds is 5. The third kappa shape index (κ3) is 3.08. The van der Waals surface area contributed by atoms with E-state index in [1.54, 1.807) is 18.2 Å². The normalized spacial score (nSPS) is 10.1. The summed E-state index contributed by atoms with van der Waals surface area (Å²) in [4.78, 5) is 10.7. The first kappa shape index (κ1) is 14.3. The molecule has 0 aliphatic carbocycles. The van der Waals surface area contributed by atoms with E-state index in [0.717, 1.165) is 10.0 Å². The van der Waals surface area contributed by atoms with Gasteiger partial charge in [-0.2, -0.15) is 0 Å². The van der Waals surface area contributed by atoms with Crippen LogP contribution in [0.5, 0.6) is 5.75 Å². The Hall–Kier alpha value is -2.08. The average Bonchev–Trinajstić information content (AvgIpc) is 2.45. The minimum Gasteiger partial charge on any atom is -0.490 e. The third-order valence-electron chi connectivity index (χ3n) is 2.83. The number of nitrogens with one attached hydrogen (secondary N) is 1. The van der Waals surface area contributed by atoms with Crippen LogP contribution in [0.1, 0.15) is 5.56 Å². The van der Waals surface area contributed by atoms with Crippen LogP contribution in [0.15, 0.2) is 46.9 Å². The molecule has 2 rings (SSSR count). The average molecular weight is 337 g/mol. The van der Waals surface area contributed by atoms with Crippen molar-refractivity contribution in [1.29, 1.82) is 0 Å². The maximum absolute atomic E-state index is 11.2. The summed E-state index contributed by atoms with van der Waals surface area (Å²) in [6, 6.07) is 12.7. The van der Waals surface area contributed by atoms with Crippen LogP contribution in [-0.4, -0.2) is 12.0 Å². The van der Waals surface area contributed by atoms with E-state index in [9.17, 15) is 10.1 Å². The van der Waals surface area contributed by atoms with Gasteiger partial charge in [-0.1, -0.05) is 40.2 Å². The van der Waals surface area contributed by atoms with Crippen molar-refractivity contribution in [1.82, 2.24) is 0 Å². The molecule has 0 bridgehead atoms. The molecule has 0 spiro atoms. The monoisotopic (exact) mass is 336 g/mol.